The van der Waals surface area contributed by atoms with Crippen molar-refractivity contribution in [3.05, 3.63) is 75.9 Å². The van der Waals surface area contributed by atoms with Gasteiger partial charge in [0.1, 0.15) is 28.1 Å². The summed E-state index contributed by atoms with van der Waals surface area (Å²) in [5, 5.41) is 6.36. The molecule has 4 rings (SSSR count). The number of hydrogen-bond acceptors (Lipinski definition) is 6. The van der Waals surface area contributed by atoms with Gasteiger partial charge in [-0.05, 0) is 30.7 Å². The van der Waals surface area contributed by atoms with E-state index in [9.17, 15) is 13.2 Å². The van der Waals surface area contributed by atoms with Crippen molar-refractivity contribution in [2.45, 2.75) is 18.8 Å². The van der Waals surface area contributed by atoms with Crippen LogP contribution >= 0.6 is 22.9 Å². The minimum absolute atomic E-state index is 0.251. The number of benzene rings is 2. The highest BCUT2D eigenvalue weighted by molar-refractivity contribution is 7.88. The second-order valence-corrected chi connectivity index (χ2v) is 10.2. The van der Waals surface area contributed by atoms with Crippen molar-refractivity contribution in [2.24, 2.45) is 10.9 Å². The summed E-state index contributed by atoms with van der Waals surface area (Å²) in [5.41, 5.74) is 8.21. The standard InChI is InChI=1S/C21H19ClN4O4S2/c1-12(14-4-2-3-5-15(14)22)30-18-9-19(31-20(18)21(23)27)26-11-25-16-7-6-13(8-17(16)26)10-32(24,28)29/h2-9,11-12H,10H2,1H3,(H2,23,27)(H2,24,28,29)/t12-/m1/s1. The lowest BCUT2D eigenvalue weighted by atomic mass is 10.1. The summed E-state index contributed by atoms with van der Waals surface area (Å²) < 4.78 is 30.7. The Morgan fingerprint density at radius 1 is 1.25 bits per heavy atom. The summed E-state index contributed by atoms with van der Waals surface area (Å²) in [6.07, 6.45) is 1.16. The number of rotatable bonds is 7. The lowest BCUT2D eigenvalue weighted by molar-refractivity contribution is 0.0998. The predicted molar refractivity (Wildman–Crippen MR) is 125 cm³/mol. The van der Waals surface area contributed by atoms with Gasteiger partial charge in [-0.25, -0.2) is 18.5 Å². The first-order valence-electron chi connectivity index (χ1n) is 9.44. The number of primary sulfonamides is 1. The lowest BCUT2D eigenvalue weighted by Gasteiger charge is -2.16. The molecule has 2 aromatic heterocycles. The third kappa shape index (κ3) is 4.63. The van der Waals surface area contributed by atoms with Crippen molar-refractivity contribution in [3.63, 3.8) is 0 Å². The van der Waals surface area contributed by atoms with Gasteiger partial charge in [0.05, 0.1) is 16.8 Å². The highest BCUT2D eigenvalue weighted by Crippen LogP contribution is 2.37. The highest BCUT2D eigenvalue weighted by Gasteiger charge is 2.21. The number of carbonyl (C=O) groups is 1. The number of primary amides is 1. The number of ether oxygens (including phenoxy) is 1. The molecule has 11 heteroatoms. The molecule has 32 heavy (non-hydrogen) atoms. The predicted octanol–water partition coefficient (Wildman–Crippen LogP) is 3.77. The summed E-state index contributed by atoms with van der Waals surface area (Å²) in [5.74, 6) is -0.594. The van der Waals surface area contributed by atoms with Crippen molar-refractivity contribution in [3.8, 4) is 10.8 Å². The second kappa shape index (κ2) is 8.55. The van der Waals surface area contributed by atoms with Gasteiger partial charge < -0.3 is 10.5 Å². The number of carbonyl (C=O) groups excluding carboxylic acids is 1. The molecule has 0 spiro atoms. The molecule has 0 radical (unpaired) electrons. The summed E-state index contributed by atoms with van der Waals surface area (Å²) in [6, 6.07) is 14.1. The van der Waals surface area contributed by atoms with Crippen molar-refractivity contribution >= 4 is 49.9 Å². The van der Waals surface area contributed by atoms with Crippen molar-refractivity contribution in [2.75, 3.05) is 0 Å². The van der Waals surface area contributed by atoms with Crippen molar-refractivity contribution in [1.29, 1.82) is 0 Å². The molecule has 0 aliphatic heterocycles. The molecule has 4 aromatic rings. The van der Waals surface area contributed by atoms with E-state index in [1.165, 1.54) is 0 Å². The first kappa shape index (κ1) is 22.3. The number of thiophene rings is 1. The molecule has 0 aliphatic rings. The van der Waals surface area contributed by atoms with Gasteiger partial charge in [0, 0.05) is 16.7 Å². The molecule has 0 bridgehead atoms. The van der Waals surface area contributed by atoms with Crippen LogP contribution in [-0.4, -0.2) is 23.9 Å². The molecule has 2 heterocycles. The van der Waals surface area contributed by atoms with Crippen LogP contribution in [0, 0.1) is 0 Å². The van der Waals surface area contributed by atoms with Crippen LogP contribution in [0.5, 0.6) is 5.75 Å². The Balaban J connectivity index is 1.74. The van der Waals surface area contributed by atoms with Gasteiger partial charge in [-0.1, -0.05) is 35.9 Å². The Morgan fingerprint density at radius 2 is 2.00 bits per heavy atom. The van der Waals surface area contributed by atoms with E-state index in [1.807, 2.05) is 25.1 Å². The molecule has 0 aliphatic carbocycles. The molecular formula is C21H19ClN4O4S2. The average molecular weight is 491 g/mol. The highest BCUT2D eigenvalue weighted by atomic mass is 35.5. The van der Waals surface area contributed by atoms with Gasteiger partial charge in [-0.15, -0.1) is 11.3 Å². The van der Waals surface area contributed by atoms with E-state index in [0.29, 0.717) is 32.4 Å². The van der Waals surface area contributed by atoms with Gasteiger partial charge in [-0.2, -0.15) is 0 Å². The van der Waals surface area contributed by atoms with E-state index in [0.717, 1.165) is 16.9 Å². The fourth-order valence-corrected chi connectivity index (χ4v) is 5.21. The normalized spacial score (nSPS) is 12.7. The topological polar surface area (TPSA) is 130 Å². The van der Waals surface area contributed by atoms with Crippen LogP contribution in [0.4, 0.5) is 0 Å². The first-order chi connectivity index (χ1) is 15.1. The Bertz CT molecular complexity index is 1430. The molecular weight excluding hydrogens is 472 g/mol. The summed E-state index contributed by atoms with van der Waals surface area (Å²) in [7, 11) is -3.68. The van der Waals surface area contributed by atoms with Crippen molar-refractivity contribution in [1.82, 2.24) is 9.55 Å². The minimum Gasteiger partial charge on any atom is -0.484 e. The van der Waals surface area contributed by atoms with Gasteiger partial charge >= 0.3 is 0 Å². The molecule has 0 fully saturated rings. The van der Waals surface area contributed by atoms with E-state index in [-0.39, 0.29) is 10.6 Å². The SMILES string of the molecule is C[C@@H](Oc1cc(-n2cnc3ccc(CS(N)(=O)=O)cc32)sc1C(N)=O)c1ccccc1Cl. The van der Waals surface area contributed by atoms with Crippen molar-refractivity contribution < 1.29 is 17.9 Å². The molecule has 4 N–H and O–H groups in total. The monoisotopic (exact) mass is 490 g/mol. The number of hydrogen-bond donors (Lipinski definition) is 2. The number of imidazole rings is 1. The van der Waals surface area contributed by atoms with Gasteiger partial charge in [0.25, 0.3) is 5.91 Å². The number of fused-ring (bicyclic) bond motifs is 1. The zero-order chi connectivity index (χ0) is 23.0. The number of aromatic nitrogens is 2. The molecule has 8 nitrogen and oxygen atoms in total. The smallest absolute Gasteiger partial charge is 0.262 e. The van der Waals surface area contributed by atoms with E-state index in [2.05, 4.69) is 4.98 Å². The molecule has 1 atom stereocenters. The fraction of sp³-hybridized carbons (Fsp3) is 0.143. The molecule has 0 saturated carbocycles. The molecule has 2 aromatic carbocycles. The van der Waals surface area contributed by atoms with Crippen LogP contribution in [0.3, 0.4) is 0 Å². The third-order valence-electron chi connectivity index (χ3n) is 4.77. The molecule has 0 saturated heterocycles. The number of nitrogens with zero attached hydrogens (tertiary/aromatic N) is 2. The van der Waals surface area contributed by atoms with Crippen LogP contribution in [0.25, 0.3) is 16.0 Å². The van der Waals surface area contributed by atoms with Gasteiger partial charge in [0.15, 0.2) is 0 Å². The lowest BCUT2D eigenvalue weighted by Crippen LogP contribution is -2.14. The first-order valence-corrected chi connectivity index (χ1v) is 12.3. The van der Waals surface area contributed by atoms with E-state index in [1.54, 1.807) is 41.2 Å². The number of sulfonamides is 1. The van der Waals surface area contributed by atoms with Crippen LogP contribution in [0.1, 0.15) is 33.8 Å². The quantitative estimate of drug-likeness (QED) is 0.407. The maximum atomic E-state index is 12.1. The Morgan fingerprint density at radius 3 is 2.69 bits per heavy atom. The van der Waals surface area contributed by atoms with E-state index < -0.39 is 22.0 Å². The van der Waals surface area contributed by atoms with Crippen LogP contribution in [-0.2, 0) is 15.8 Å². The molecule has 0 unspecified atom stereocenters. The van der Waals surface area contributed by atoms with Crippen LogP contribution in [0.15, 0.2) is 54.9 Å². The Kier molecular flexibility index (Phi) is 5.95. The fourth-order valence-electron chi connectivity index (χ4n) is 3.35. The molecule has 166 valence electrons. The van der Waals surface area contributed by atoms with Gasteiger partial charge in [0.2, 0.25) is 10.0 Å². The second-order valence-electron chi connectivity index (χ2n) is 7.17. The largest absolute Gasteiger partial charge is 0.484 e. The number of halogens is 1. The Labute approximate surface area is 193 Å². The zero-order valence-electron chi connectivity index (χ0n) is 16.9. The third-order valence-corrected chi connectivity index (χ3v) is 6.98. The minimum atomic E-state index is -3.68. The van der Waals surface area contributed by atoms with E-state index >= 15 is 0 Å². The number of nitrogens with two attached hydrogens (primary N) is 2. The summed E-state index contributed by atoms with van der Waals surface area (Å²) in [4.78, 5) is 16.7. The Hall–Kier alpha value is -2.92. The van der Waals surface area contributed by atoms with Gasteiger partial charge in [-0.3, -0.25) is 9.36 Å². The van der Waals surface area contributed by atoms with Crippen LogP contribution < -0.4 is 15.6 Å². The van der Waals surface area contributed by atoms with E-state index in [4.69, 9.17) is 27.2 Å². The summed E-state index contributed by atoms with van der Waals surface area (Å²) >= 11 is 7.41. The zero-order valence-corrected chi connectivity index (χ0v) is 19.2. The maximum absolute atomic E-state index is 12.1. The summed E-state index contributed by atoms with van der Waals surface area (Å²) in [6.45, 7) is 1.83. The number of amides is 1. The maximum Gasteiger partial charge on any atom is 0.262 e. The average Bonchev–Trinajstić information content (AvgIpc) is 3.30. The molecule has 1 amide bonds. The van der Waals surface area contributed by atoms with Crippen LogP contribution in [0.2, 0.25) is 5.02 Å².